The normalized spacial score (nSPS) is 10.5. The highest BCUT2D eigenvalue weighted by Crippen LogP contribution is 2.24. The quantitative estimate of drug-likeness (QED) is 0.766. The van der Waals surface area contributed by atoms with Gasteiger partial charge in [0.1, 0.15) is 0 Å². The van der Waals surface area contributed by atoms with Crippen LogP contribution >= 0.6 is 23.2 Å². The molecule has 0 saturated heterocycles. The van der Waals surface area contributed by atoms with Crippen LogP contribution in [0.5, 0.6) is 0 Å². The molecule has 0 radical (unpaired) electrons. The van der Waals surface area contributed by atoms with Crippen molar-refractivity contribution in [3.8, 4) is 0 Å². The van der Waals surface area contributed by atoms with Gasteiger partial charge in [-0.15, -0.1) is 0 Å². The SMILES string of the molecule is Cc1cccc(CNCCC(=O)Nc2ccc(Cl)c(Cl)c2)c1. The number of halogens is 2. The second kappa shape index (κ2) is 8.18. The first-order chi connectivity index (χ1) is 10.5. The topological polar surface area (TPSA) is 41.1 Å². The zero-order valence-corrected chi connectivity index (χ0v) is 13.8. The largest absolute Gasteiger partial charge is 0.326 e. The molecule has 0 spiro atoms. The number of benzene rings is 2. The Labute approximate surface area is 140 Å². The number of rotatable bonds is 6. The van der Waals surface area contributed by atoms with Gasteiger partial charge in [-0.3, -0.25) is 4.79 Å². The third-order valence-electron chi connectivity index (χ3n) is 3.14. The lowest BCUT2D eigenvalue weighted by molar-refractivity contribution is -0.116. The molecule has 2 rings (SSSR count). The molecule has 0 aromatic heterocycles. The summed E-state index contributed by atoms with van der Waals surface area (Å²) in [5, 5.41) is 6.95. The number of anilines is 1. The van der Waals surface area contributed by atoms with E-state index in [9.17, 15) is 4.79 Å². The van der Waals surface area contributed by atoms with Crippen LogP contribution in [0.25, 0.3) is 0 Å². The first-order valence-electron chi connectivity index (χ1n) is 7.06. The van der Waals surface area contributed by atoms with E-state index in [1.807, 2.05) is 6.07 Å². The third-order valence-corrected chi connectivity index (χ3v) is 3.88. The molecule has 116 valence electrons. The highest BCUT2D eigenvalue weighted by atomic mass is 35.5. The molecule has 0 aliphatic carbocycles. The molecule has 3 nitrogen and oxygen atoms in total. The van der Waals surface area contributed by atoms with Crippen molar-refractivity contribution in [1.29, 1.82) is 0 Å². The lowest BCUT2D eigenvalue weighted by Gasteiger charge is -2.08. The summed E-state index contributed by atoms with van der Waals surface area (Å²) in [5.74, 6) is -0.0601. The monoisotopic (exact) mass is 336 g/mol. The van der Waals surface area contributed by atoms with E-state index in [-0.39, 0.29) is 5.91 Å². The number of aryl methyl sites for hydroxylation is 1. The van der Waals surface area contributed by atoms with Gasteiger partial charge in [-0.1, -0.05) is 53.0 Å². The van der Waals surface area contributed by atoms with Crippen LogP contribution in [-0.4, -0.2) is 12.5 Å². The molecule has 0 bridgehead atoms. The minimum atomic E-state index is -0.0601. The smallest absolute Gasteiger partial charge is 0.225 e. The van der Waals surface area contributed by atoms with Gasteiger partial charge < -0.3 is 10.6 Å². The average molecular weight is 337 g/mol. The van der Waals surface area contributed by atoms with Crippen molar-refractivity contribution in [3.05, 3.63) is 63.6 Å². The van der Waals surface area contributed by atoms with Crippen LogP contribution in [0.1, 0.15) is 17.5 Å². The second-order valence-corrected chi connectivity index (χ2v) is 5.91. The van der Waals surface area contributed by atoms with Crippen LogP contribution in [0, 0.1) is 6.92 Å². The summed E-state index contributed by atoms with van der Waals surface area (Å²) < 4.78 is 0. The molecule has 5 heteroatoms. The third kappa shape index (κ3) is 5.34. The zero-order valence-electron chi connectivity index (χ0n) is 12.3. The molecule has 0 heterocycles. The predicted octanol–water partition coefficient (Wildman–Crippen LogP) is 4.42. The van der Waals surface area contributed by atoms with Crippen molar-refractivity contribution in [3.63, 3.8) is 0 Å². The van der Waals surface area contributed by atoms with Gasteiger partial charge in [-0.05, 0) is 30.7 Å². The van der Waals surface area contributed by atoms with E-state index in [1.54, 1.807) is 18.2 Å². The van der Waals surface area contributed by atoms with Crippen molar-refractivity contribution >= 4 is 34.8 Å². The van der Waals surface area contributed by atoms with E-state index in [2.05, 4.69) is 35.8 Å². The maximum absolute atomic E-state index is 11.8. The molecule has 22 heavy (non-hydrogen) atoms. The summed E-state index contributed by atoms with van der Waals surface area (Å²) in [5.41, 5.74) is 3.10. The Kier molecular flexibility index (Phi) is 6.25. The molecule has 0 aliphatic rings. The van der Waals surface area contributed by atoms with Crippen LogP contribution in [0.4, 0.5) is 5.69 Å². The van der Waals surface area contributed by atoms with Gasteiger partial charge >= 0.3 is 0 Å². The number of hydrogen-bond acceptors (Lipinski definition) is 2. The number of hydrogen-bond donors (Lipinski definition) is 2. The summed E-state index contributed by atoms with van der Waals surface area (Å²) in [6.45, 7) is 3.43. The maximum atomic E-state index is 11.8. The van der Waals surface area contributed by atoms with Crippen LogP contribution in [0.2, 0.25) is 10.0 Å². The second-order valence-electron chi connectivity index (χ2n) is 5.09. The Morgan fingerprint density at radius 1 is 1.09 bits per heavy atom. The Hall–Kier alpha value is -1.55. The number of carbonyl (C=O) groups is 1. The van der Waals surface area contributed by atoms with E-state index in [0.29, 0.717) is 28.7 Å². The van der Waals surface area contributed by atoms with Gasteiger partial charge in [0.25, 0.3) is 0 Å². The van der Waals surface area contributed by atoms with Gasteiger partial charge in [-0.2, -0.15) is 0 Å². The molecule has 0 atom stereocenters. The number of carbonyl (C=O) groups excluding carboxylic acids is 1. The van der Waals surface area contributed by atoms with Crippen molar-refractivity contribution in [2.45, 2.75) is 19.9 Å². The fourth-order valence-electron chi connectivity index (χ4n) is 2.05. The first-order valence-corrected chi connectivity index (χ1v) is 7.81. The molecule has 2 aromatic rings. The summed E-state index contributed by atoms with van der Waals surface area (Å²) >= 11 is 11.7. The Morgan fingerprint density at radius 3 is 2.64 bits per heavy atom. The van der Waals surface area contributed by atoms with E-state index >= 15 is 0 Å². The molecule has 2 aromatic carbocycles. The molecule has 0 saturated carbocycles. The Balaban J connectivity index is 1.72. The molecule has 0 aliphatic heterocycles. The summed E-state index contributed by atoms with van der Waals surface area (Å²) in [6, 6.07) is 13.3. The molecule has 0 fully saturated rings. The van der Waals surface area contributed by atoms with Crippen molar-refractivity contribution in [1.82, 2.24) is 5.32 Å². The lowest BCUT2D eigenvalue weighted by Crippen LogP contribution is -2.21. The van der Waals surface area contributed by atoms with Crippen LogP contribution in [0.3, 0.4) is 0 Å². The fraction of sp³-hybridized carbons (Fsp3) is 0.235. The number of amides is 1. The summed E-state index contributed by atoms with van der Waals surface area (Å²) in [4.78, 5) is 11.8. The predicted molar refractivity (Wildman–Crippen MR) is 92.6 cm³/mol. The highest BCUT2D eigenvalue weighted by Gasteiger charge is 2.04. The standard InChI is InChI=1S/C17H18Cl2N2O/c1-12-3-2-4-13(9-12)11-20-8-7-17(22)21-14-5-6-15(18)16(19)10-14/h2-6,9-10,20H,7-8,11H2,1H3,(H,21,22). The molecular formula is C17H18Cl2N2O. The molecule has 1 amide bonds. The number of nitrogens with one attached hydrogen (secondary N) is 2. The maximum Gasteiger partial charge on any atom is 0.225 e. The van der Waals surface area contributed by atoms with Gasteiger partial charge in [0, 0.05) is 25.2 Å². The Morgan fingerprint density at radius 2 is 1.91 bits per heavy atom. The average Bonchev–Trinajstić information content (AvgIpc) is 2.48. The van der Waals surface area contributed by atoms with Gasteiger partial charge in [0.15, 0.2) is 0 Å². The van der Waals surface area contributed by atoms with E-state index in [1.165, 1.54) is 11.1 Å². The van der Waals surface area contributed by atoms with Crippen molar-refractivity contribution in [2.75, 3.05) is 11.9 Å². The van der Waals surface area contributed by atoms with Gasteiger partial charge in [0.2, 0.25) is 5.91 Å². The Bertz CT molecular complexity index is 659. The highest BCUT2D eigenvalue weighted by molar-refractivity contribution is 6.42. The van der Waals surface area contributed by atoms with Crippen molar-refractivity contribution in [2.24, 2.45) is 0 Å². The van der Waals surface area contributed by atoms with Gasteiger partial charge in [0.05, 0.1) is 10.0 Å². The zero-order chi connectivity index (χ0) is 15.9. The molecular weight excluding hydrogens is 319 g/mol. The van der Waals surface area contributed by atoms with E-state index in [4.69, 9.17) is 23.2 Å². The van der Waals surface area contributed by atoms with Crippen LogP contribution in [-0.2, 0) is 11.3 Å². The molecule has 0 unspecified atom stereocenters. The first kappa shape index (κ1) is 16.8. The van der Waals surface area contributed by atoms with Crippen molar-refractivity contribution < 1.29 is 4.79 Å². The minimum absolute atomic E-state index is 0.0601. The van der Waals surface area contributed by atoms with Crippen LogP contribution in [0.15, 0.2) is 42.5 Å². The van der Waals surface area contributed by atoms with E-state index < -0.39 is 0 Å². The lowest BCUT2D eigenvalue weighted by atomic mass is 10.1. The summed E-state index contributed by atoms with van der Waals surface area (Å²) in [7, 11) is 0. The van der Waals surface area contributed by atoms with Gasteiger partial charge in [-0.25, -0.2) is 0 Å². The summed E-state index contributed by atoms with van der Waals surface area (Å²) in [6.07, 6.45) is 0.395. The fourth-order valence-corrected chi connectivity index (χ4v) is 2.35. The van der Waals surface area contributed by atoms with Crippen LogP contribution < -0.4 is 10.6 Å². The minimum Gasteiger partial charge on any atom is -0.326 e. The molecule has 2 N–H and O–H groups in total. The van der Waals surface area contributed by atoms with E-state index in [0.717, 1.165) is 6.54 Å².